The van der Waals surface area contributed by atoms with Crippen LogP contribution in [0.5, 0.6) is 0 Å². The molecule has 0 bridgehead atoms. The quantitative estimate of drug-likeness (QED) is 0.562. The van der Waals surface area contributed by atoms with Gasteiger partial charge in [-0.15, -0.1) is 11.3 Å². The molecule has 0 saturated carbocycles. The molecule has 1 aromatic carbocycles. The fraction of sp³-hybridized carbons (Fsp3) is 0.118. The number of amides is 1. The van der Waals surface area contributed by atoms with Gasteiger partial charge in [-0.1, -0.05) is 17.3 Å². The van der Waals surface area contributed by atoms with E-state index in [0.717, 1.165) is 15.8 Å². The molecular weight excluding hydrogens is 338 g/mol. The highest BCUT2D eigenvalue weighted by Gasteiger charge is 2.19. The summed E-state index contributed by atoms with van der Waals surface area (Å²) in [5.41, 5.74) is 1.58. The molecule has 25 heavy (non-hydrogen) atoms. The van der Waals surface area contributed by atoms with Gasteiger partial charge in [0.05, 0.1) is 10.2 Å². The number of thiazole rings is 1. The van der Waals surface area contributed by atoms with Crippen molar-refractivity contribution in [2.75, 3.05) is 7.05 Å². The molecule has 4 aromatic rings. The highest BCUT2D eigenvalue weighted by molar-refractivity contribution is 7.20. The number of rotatable bonds is 4. The van der Waals surface area contributed by atoms with E-state index < -0.39 is 0 Å². The molecule has 124 valence electrons. The van der Waals surface area contributed by atoms with E-state index in [2.05, 4.69) is 20.1 Å². The predicted octanol–water partition coefficient (Wildman–Crippen LogP) is 3.01. The van der Waals surface area contributed by atoms with Crippen LogP contribution < -0.4 is 0 Å². The Labute approximate surface area is 147 Å². The molecule has 4 rings (SSSR count). The number of carbonyl (C=O) groups excluding carboxylic acids is 1. The van der Waals surface area contributed by atoms with Gasteiger partial charge in [0.25, 0.3) is 5.91 Å². The van der Waals surface area contributed by atoms with E-state index in [4.69, 9.17) is 4.52 Å². The molecule has 0 saturated heterocycles. The SMILES string of the molecule is CN(Cc1nc(-c2cccnc2)no1)C(=O)c1nc2ccccc2s1. The average Bonchev–Trinajstić information content (AvgIpc) is 3.28. The van der Waals surface area contributed by atoms with E-state index in [-0.39, 0.29) is 12.5 Å². The van der Waals surface area contributed by atoms with Gasteiger partial charge in [0, 0.05) is 25.0 Å². The second-order valence-electron chi connectivity index (χ2n) is 5.40. The molecule has 0 aliphatic heterocycles. The van der Waals surface area contributed by atoms with Crippen molar-refractivity contribution in [3.63, 3.8) is 0 Å². The van der Waals surface area contributed by atoms with Gasteiger partial charge in [0.15, 0.2) is 5.01 Å². The van der Waals surface area contributed by atoms with Gasteiger partial charge < -0.3 is 9.42 Å². The molecular formula is C17H13N5O2S. The maximum absolute atomic E-state index is 12.6. The Morgan fingerprint density at radius 2 is 2.08 bits per heavy atom. The van der Waals surface area contributed by atoms with Crippen LogP contribution in [-0.2, 0) is 6.54 Å². The van der Waals surface area contributed by atoms with Crippen molar-refractivity contribution in [3.8, 4) is 11.4 Å². The zero-order valence-electron chi connectivity index (χ0n) is 13.3. The summed E-state index contributed by atoms with van der Waals surface area (Å²) < 4.78 is 6.22. The molecule has 0 atom stereocenters. The van der Waals surface area contributed by atoms with Gasteiger partial charge in [-0.25, -0.2) is 4.98 Å². The van der Waals surface area contributed by atoms with E-state index >= 15 is 0 Å². The zero-order valence-corrected chi connectivity index (χ0v) is 14.1. The first-order valence-corrected chi connectivity index (χ1v) is 8.36. The number of benzene rings is 1. The molecule has 0 fully saturated rings. The van der Waals surface area contributed by atoms with Crippen LogP contribution in [0.4, 0.5) is 0 Å². The van der Waals surface area contributed by atoms with Crippen molar-refractivity contribution in [3.05, 3.63) is 59.7 Å². The van der Waals surface area contributed by atoms with Crippen molar-refractivity contribution in [2.45, 2.75) is 6.54 Å². The summed E-state index contributed by atoms with van der Waals surface area (Å²) in [5, 5.41) is 4.37. The largest absolute Gasteiger partial charge is 0.337 e. The first-order valence-electron chi connectivity index (χ1n) is 7.55. The second-order valence-corrected chi connectivity index (χ2v) is 6.43. The van der Waals surface area contributed by atoms with Crippen LogP contribution in [0.2, 0.25) is 0 Å². The Kier molecular flexibility index (Phi) is 3.95. The van der Waals surface area contributed by atoms with Crippen LogP contribution >= 0.6 is 11.3 Å². The Hall–Kier alpha value is -3.13. The number of aromatic nitrogens is 4. The number of para-hydroxylation sites is 1. The van der Waals surface area contributed by atoms with Gasteiger partial charge in [-0.2, -0.15) is 4.98 Å². The van der Waals surface area contributed by atoms with Gasteiger partial charge in [0.2, 0.25) is 11.7 Å². The lowest BCUT2D eigenvalue weighted by molar-refractivity contribution is 0.0769. The molecule has 0 spiro atoms. The standard InChI is InChI=1S/C17H13N5O2S/c1-22(17(23)16-19-12-6-2-3-7-13(12)25-16)10-14-20-15(21-24-14)11-5-4-8-18-9-11/h2-9H,10H2,1H3. The number of fused-ring (bicyclic) bond motifs is 1. The van der Waals surface area contributed by atoms with E-state index in [1.54, 1.807) is 25.5 Å². The molecule has 3 aromatic heterocycles. The topological polar surface area (TPSA) is 85.0 Å². The number of carbonyl (C=O) groups is 1. The minimum absolute atomic E-state index is 0.178. The van der Waals surface area contributed by atoms with Gasteiger partial charge >= 0.3 is 0 Å². The van der Waals surface area contributed by atoms with Crippen molar-refractivity contribution in [2.24, 2.45) is 0 Å². The highest BCUT2D eigenvalue weighted by atomic mass is 32.1. The van der Waals surface area contributed by atoms with Crippen molar-refractivity contribution < 1.29 is 9.32 Å². The molecule has 0 radical (unpaired) electrons. The number of nitrogens with zero attached hydrogens (tertiary/aromatic N) is 5. The van der Waals surface area contributed by atoms with Gasteiger partial charge in [-0.05, 0) is 24.3 Å². The maximum atomic E-state index is 12.6. The monoisotopic (exact) mass is 351 g/mol. The Balaban J connectivity index is 1.50. The highest BCUT2D eigenvalue weighted by Crippen LogP contribution is 2.23. The summed E-state index contributed by atoms with van der Waals surface area (Å²) in [4.78, 5) is 26.8. The second kappa shape index (κ2) is 6.40. The normalized spacial score (nSPS) is 10.9. The minimum Gasteiger partial charge on any atom is -0.337 e. The van der Waals surface area contributed by atoms with Crippen LogP contribution in [0.3, 0.4) is 0 Å². The number of hydrogen-bond donors (Lipinski definition) is 0. The van der Waals surface area contributed by atoms with E-state index in [9.17, 15) is 4.79 Å². The average molecular weight is 351 g/mol. The van der Waals surface area contributed by atoms with Crippen LogP contribution in [0, 0.1) is 0 Å². The molecule has 0 unspecified atom stereocenters. The summed E-state index contributed by atoms with van der Waals surface area (Å²) in [7, 11) is 1.68. The lowest BCUT2D eigenvalue weighted by Crippen LogP contribution is -2.26. The lowest BCUT2D eigenvalue weighted by atomic mass is 10.3. The summed E-state index contributed by atoms with van der Waals surface area (Å²) in [6, 6.07) is 11.3. The molecule has 1 amide bonds. The Morgan fingerprint density at radius 1 is 1.20 bits per heavy atom. The third-order valence-corrected chi connectivity index (χ3v) is 4.61. The molecule has 3 heterocycles. The minimum atomic E-state index is -0.178. The first kappa shape index (κ1) is 15.4. The zero-order chi connectivity index (χ0) is 17.2. The summed E-state index contributed by atoms with van der Waals surface area (Å²) in [6.45, 7) is 0.210. The third-order valence-electron chi connectivity index (χ3n) is 3.58. The molecule has 8 heteroatoms. The Bertz CT molecular complexity index is 995. The van der Waals surface area contributed by atoms with Crippen LogP contribution in [0.25, 0.3) is 21.6 Å². The fourth-order valence-corrected chi connectivity index (χ4v) is 3.29. The van der Waals surface area contributed by atoms with E-state index in [1.807, 2.05) is 30.3 Å². The third kappa shape index (κ3) is 3.11. The van der Waals surface area contributed by atoms with Crippen molar-refractivity contribution in [1.29, 1.82) is 0 Å². The van der Waals surface area contributed by atoms with Gasteiger partial charge in [-0.3, -0.25) is 9.78 Å². The summed E-state index contributed by atoms with van der Waals surface area (Å²) in [6.07, 6.45) is 3.33. The first-order chi connectivity index (χ1) is 12.2. The molecule has 0 aliphatic carbocycles. The molecule has 0 N–H and O–H groups in total. The Morgan fingerprint density at radius 3 is 2.88 bits per heavy atom. The van der Waals surface area contributed by atoms with Crippen LogP contribution in [0.15, 0.2) is 53.3 Å². The van der Waals surface area contributed by atoms with Crippen LogP contribution in [0.1, 0.15) is 15.7 Å². The van der Waals surface area contributed by atoms with Gasteiger partial charge in [0.1, 0.15) is 6.54 Å². The number of hydrogen-bond acceptors (Lipinski definition) is 7. The van der Waals surface area contributed by atoms with Crippen molar-refractivity contribution in [1.82, 2.24) is 25.0 Å². The predicted molar refractivity (Wildman–Crippen MR) is 92.9 cm³/mol. The van der Waals surface area contributed by atoms with E-state index in [0.29, 0.717) is 16.7 Å². The molecule has 0 aliphatic rings. The summed E-state index contributed by atoms with van der Waals surface area (Å²) >= 11 is 1.37. The van der Waals surface area contributed by atoms with Crippen LogP contribution in [-0.4, -0.2) is 38.0 Å². The smallest absolute Gasteiger partial charge is 0.283 e. The van der Waals surface area contributed by atoms with E-state index in [1.165, 1.54) is 16.2 Å². The summed E-state index contributed by atoms with van der Waals surface area (Å²) in [5.74, 6) is 0.627. The molecule has 7 nitrogen and oxygen atoms in total. The maximum Gasteiger partial charge on any atom is 0.283 e. The lowest BCUT2D eigenvalue weighted by Gasteiger charge is -2.12. The number of pyridine rings is 1. The fourth-order valence-electron chi connectivity index (χ4n) is 2.33. The van der Waals surface area contributed by atoms with Crippen molar-refractivity contribution >= 4 is 27.5 Å².